The number of benzene rings is 1. The Hall–Kier alpha value is -1.56. The molecule has 0 aromatic heterocycles. The van der Waals surface area contributed by atoms with Gasteiger partial charge in [0.25, 0.3) is 5.60 Å². The van der Waals surface area contributed by atoms with E-state index in [-0.39, 0.29) is 16.4 Å². The van der Waals surface area contributed by atoms with Gasteiger partial charge in [-0.05, 0) is 30.6 Å². The molecule has 2 aliphatic rings. The molecule has 1 unspecified atom stereocenters. The molecule has 26 heavy (non-hydrogen) atoms. The van der Waals surface area contributed by atoms with E-state index in [1.807, 2.05) is 6.92 Å². The summed E-state index contributed by atoms with van der Waals surface area (Å²) < 4.78 is 52.3. The Labute approximate surface area is 151 Å². The van der Waals surface area contributed by atoms with Crippen LogP contribution in [0.3, 0.4) is 0 Å². The van der Waals surface area contributed by atoms with E-state index in [1.54, 1.807) is 6.07 Å². The highest BCUT2D eigenvalue weighted by Gasteiger charge is 2.67. The van der Waals surface area contributed by atoms with Crippen molar-refractivity contribution in [3.05, 3.63) is 35.9 Å². The van der Waals surface area contributed by atoms with E-state index in [9.17, 15) is 18.0 Å². The SMILES string of the molecule is CO[C@@](C(=O)O[C@@H]1CC2CC[C@@]1(C)C2(C)C)(c1ccccc1)C(F)(F)F. The second kappa shape index (κ2) is 5.98. The molecule has 144 valence electrons. The summed E-state index contributed by atoms with van der Waals surface area (Å²) in [6.45, 7) is 6.24. The Morgan fingerprint density at radius 3 is 2.19 bits per heavy atom. The van der Waals surface area contributed by atoms with Crippen LogP contribution in [-0.2, 0) is 19.9 Å². The molecule has 3 nitrogen and oxygen atoms in total. The number of rotatable bonds is 4. The quantitative estimate of drug-likeness (QED) is 0.711. The molecule has 0 amide bonds. The van der Waals surface area contributed by atoms with Crippen LogP contribution in [0.4, 0.5) is 13.2 Å². The predicted molar refractivity (Wildman–Crippen MR) is 90.3 cm³/mol. The average molecular weight is 370 g/mol. The van der Waals surface area contributed by atoms with Crippen molar-refractivity contribution in [1.82, 2.24) is 0 Å². The summed E-state index contributed by atoms with van der Waals surface area (Å²) in [5.41, 5.74) is -3.78. The minimum Gasteiger partial charge on any atom is -0.459 e. The predicted octanol–water partition coefficient (Wildman–Crippen LogP) is 4.85. The van der Waals surface area contributed by atoms with Crippen molar-refractivity contribution >= 4 is 5.97 Å². The Morgan fingerprint density at radius 2 is 1.77 bits per heavy atom. The molecular weight excluding hydrogens is 345 g/mol. The topological polar surface area (TPSA) is 35.5 Å². The van der Waals surface area contributed by atoms with Crippen LogP contribution in [0.1, 0.15) is 45.6 Å². The molecule has 0 saturated heterocycles. The van der Waals surface area contributed by atoms with Crippen molar-refractivity contribution in [2.24, 2.45) is 16.7 Å². The van der Waals surface area contributed by atoms with Crippen LogP contribution in [0.2, 0.25) is 0 Å². The van der Waals surface area contributed by atoms with Gasteiger partial charge in [0, 0.05) is 18.1 Å². The number of hydrogen-bond acceptors (Lipinski definition) is 3. The molecule has 6 heteroatoms. The third-order valence-corrected chi connectivity index (χ3v) is 7.14. The Balaban J connectivity index is 1.96. The van der Waals surface area contributed by atoms with Crippen LogP contribution >= 0.6 is 0 Å². The lowest BCUT2D eigenvalue weighted by Gasteiger charge is -2.40. The van der Waals surface area contributed by atoms with Crippen LogP contribution in [0, 0.1) is 16.7 Å². The molecular formula is C20H25F3O3. The van der Waals surface area contributed by atoms with Gasteiger partial charge in [-0.1, -0.05) is 51.1 Å². The zero-order valence-electron chi connectivity index (χ0n) is 15.5. The molecule has 0 spiro atoms. The monoisotopic (exact) mass is 370 g/mol. The number of fused-ring (bicyclic) bond motifs is 2. The van der Waals surface area contributed by atoms with Gasteiger partial charge in [0.05, 0.1) is 0 Å². The number of alkyl halides is 3. The number of methoxy groups -OCH3 is 1. The van der Waals surface area contributed by atoms with Crippen LogP contribution in [0.15, 0.2) is 30.3 Å². The van der Waals surface area contributed by atoms with Gasteiger partial charge in [-0.3, -0.25) is 0 Å². The fraction of sp³-hybridized carbons (Fsp3) is 0.650. The molecule has 0 N–H and O–H groups in total. The maximum atomic E-state index is 14.0. The van der Waals surface area contributed by atoms with Crippen molar-refractivity contribution in [3.63, 3.8) is 0 Å². The number of halogens is 3. The van der Waals surface area contributed by atoms with Gasteiger partial charge >= 0.3 is 12.1 Å². The van der Waals surface area contributed by atoms with Gasteiger partial charge in [0.1, 0.15) is 6.10 Å². The van der Waals surface area contributed by atoms with E-state index >= 15 is 0 Å². The maximum absolute atomic E-state index is 14.0. The molecule has 2 fully saturated rings. The summed E-state index contributed by atoms with van der Waals surface area (Å²) in [7, 11) is 0.897. The van der Waals surface area contributed by atoms with E-state index in [0.717, 1.165) is 20.0 Å². The molecule has 2 saturated carbocycles. The summed E-state index contributed by atoms with van der Waals surface area (Å²) in [5, 5.41) is 0. The molecule has 2 aliphatic carbocycles. The smallest absolute Gasteiger partial charge is 0.432 e. The molecule has 0 heterocycles. The van der Waals surface area contributed by atoms with E-state index in [0.29, 0.717) is 12.3 Å². The number of carbonyl (C=O) groups is 1. The molecule has 3 rings (SSSR count). The summed E-state index contributed by atoms with van der Waals surface area (Å²) >= 11 is 0. The average Bonchev–Trinajstić information content (AvgIpc) is 2.89. The largest absolute Gasteiger partial charge is 0.459 e. The first-order chi connectivity index (χ1) is 12.0. The second-order valence-corrected chi connectivity index (χ2v) is 8.25. The first-order valence-corrected chi connectivity index (χ1v) is 8.89. The molecule has 1 aromatic carbocycles. The summed E-state index contributed by atoms with van der Waals surface area (Å²) in [6.07, 6.45) is -3.01. The van der Waals surface area contributed by atoms with Gasteiger partial charge in [-0.25, -0.2) is 4.79 Å². The third kappa shape index (κ3) is 2.41. The zero-order valence-corrected chi connectivity index (χ0v) is 15.5. The first kappa shape index (κ1) is 19.2. The maximum Gasteiger partial charge on any atom is 0.432 e. The highest BCUT2D eigenvalue weighted by atomic mass is 19.4. The van der Waals surface area contributed by atoms with Gasteiger partial charge in [0.15, 0.2) is 0 Å². The molecule has 2 bridgehead atoms. The van der Waals surface area contributed by atoms with Gasteiger partial charge in [-0.2, -0.15) is 13.2 Å². The molecule has 0 aliphatic heterocycles. The van der Waals surface area contributed by atoms with E-state index < -0.39 is 23.9 Å². The molecule has 1 aromatic rings. The van der Waals surface area contributed by atoms with Gasteiger partial charge in [-0.15, -0.1) is 0 Å². The van der Waals surface area contributed by atoms with Crippen LogP contribution in [0.5, 0.6) is 0 Å². The first-order valence-electron chi connectivity index (χ1n) is 8.89. The lowest BCUT2D eigenvalue weighted by atomic mass is 9.70. The van der Waals surface area contributed by atoms with Crippen LogP contribution in [-0.4, -0.2) is 25.4 Å². The summed E-state index contributed by atoms with van der Waals surface area (Å²) in [4.78, 5) is 12.9. The minimum absolute atomic E-state index is 0.0708. The lowest BCUT2D eigenvalue weighted by molar-refractivity contribution is -0.280. The van der Waals surface area contributed by atoms with E-state index in [2.05, 4.69) is 13.8 Å². The standard InChI is InChI=1S/C20H25F3O3/c1-17(2)14-10-11-18(17,3)15(12-14)26-16(24)19(25-4,20(21,22)23)13-8-6-5-7-9-13/h5-9,14-15H,10-12H2,1-4H3/t14?,15-,18-,19-/m1/s1. The van der Waals surface area contributed by atoms with Crippen molar-refractivity contribution in [2.45, 2.75) is 57.9 Å². The number of carbonyl (C=O) groups excluding carboxylic acids is 1. The number of esters is 1. The van der Waals surface area contributed by atoms with Crippen LogP contribution < -0.4 is 0 Å². The molecule has 0 radical (unpaired) electrons. The summed E-state index contributed by atoms with van der Waals surface area (Å²) in [6, 6.07) is 6.97. The fourth-order valence-corrected chi connectivity index (χ4v) is 4.91. The van der Waals surface area contributed by atoms with Crippen molar-refractivity contribution < 1.29 is 27.4 Å². The third-order valence-electron chi connectivity index (χ3n) is 7.14. The van der Waals surface area contributed by atoms with Crippen molar-refractivity contribution in [1.29, 1.82) is 0 Å². The zero-order chi connectivity index (χ0) is 19.4. The van der Waals surface area contributed by atoms with Crippen molar-refractivity contribution in [2.75, 3.05) is 7.11 Å². The number of ether oxygens (including phenoxy) is 2. The van der Waals surface area contributed by atoms with Gasteiger partial charge < -0.3 is 9.47 Å². The van der Waals surface area contributed by atoms with Crippen LogP contribution in [0.25, 0.3) is 0 Å². The summed E-state index contributed by atoms with van der Waals surface area (Å²) in [5.74, 6) is -1.03. The van der Waals surface area contributed by atoms with Crippen molar-refractivity contribution in [3.8, 4) is 0 Å². The highest BCUT2D eigenvalue weighted by Crippen LogP contribution is 2.66. The number of hydrogen-bond donors (Lipinski definition) is 0. The second-order valence-electron chi connectivity index (χ2n) is 8.25. The fourth-order valence-electron chi connectivity index (χ4n) is 4.91. The lowest BCUT2D eigenvalue weighted by Crippen LogP contribution is -2.53. The molecule has 4 atom stereocenters. The Morgan fingerprint density at radius 1 is 1.15 bits per heavy atom. The Kier molecular flexibility index (Phi) is 4.42. The van der Waals surface area contributed by atoms with Gasteiger partial charge in [0.2, 0.25) is 0 Å². The van der Waals surface area contributed by atoms with E-state index in [1.165, 1.54) is 24.3 Å². The van der Waals surface area contributed by atoms with E-state index in [4.69, 9.17) is 9.47 Å². The Bertz CT molecular complexity index is 685. The normalized spacial score (nSPS) is 32.3. The minimum atomic E-state index is -4.94. The highest BCUT2D eigenvalue weighted by molar-refractivity contribution is 5.83.